The molecule has 0 heterocycles. The van der Waals surface area contributed by atoms with Crippen LogP contribution in [0.3, 0.4) is 0 Å². The van der Waals surface area contributed by atoms with E-state index in [4.69, 9.17) is 21.1 Å². The van der Waals surface area contributed by atoms with Gasteiger partial charge in [-0.2, -0.15) is 0 Å². The van der Waals surface area contributed by atoms with Crippen molar-refractivity contribution in [3.05, 3.63) is 0 Å². The zero-order chi connectivity index (χ0) is 13.6. The van der Waals surface area contributed by atoms with E-state index in [-0.39, 0.29) is 6.54 Å². The molecule has 17 heavy (non-hydrogen) atoms. The van der Waals surface area contributed by atoms with Crippen LogP contribution in [0.15, 0.2) is 0 Å². The average molecular weight is 255 g/mol. The van der Waals surface area contributed by atoms with Gasteiger partial charge in [0.05, 0.1) is 24.9 Å². The lowest BCUT2D eigenvalue weighted by Gasteiger charge is -2.27. The molecule has 0 fully saturated rings. The zero-order valence-corrected chi connectivity index (χ0v) is 9.29. The van der Waals surface area contributed by atoms with Crippen LogP contribution in [0.2, 0.25) is 0 Å². The molecule has 0 aromatic heterocycles. The van der Waals surface area contributed by atoms with Gasteiger partial charge in [0.15, 0.2) is 0 Å². The first-order valence-corrected chi connectivity index (χ1v) is 5.24. The number of hydrogen-bond acceptors (Lipinski definition) is 8. The van der Waals surface area contributed by atoms with Crippen molar-refractivity contribution < 1.29 is 35.7 Å². The summed E-state index contributed by atoms with van der Waals surface area (Å²) in [6.07, 6.45) is -9.71. The molecule has 0 aromatic rings. The smallest absolute Gasteiger partial charge is 0.110 e. The van der Waals surface area contributed by atoms with E-state index < -0.39 is 49.7 Å². The van der Waals surface area contributed by atoms with E-state index in [0.29, 0.717) is 0 Å². The summed E-state index contributed by atoms with van der Waals surface area (Å²) in [6.45, 7) is -0.995. The zero-order valence-electron chi connectivity index (χ0n) is 9.29. The molecule has 0 radical (unpaired) electrons. The molecule has 104 valence electrons. The molecular weight excluding hydrogens is 234 g/mol. The van der Waals surface area contributed by atoms with Crippen molar-refractivity contribution in [3.63, 3.8) is 0 Å². The molecule has 0 aromatic carbocycles. The van der Waals surface area contributed by atoms with E-state index in [1.807, 2.05) is 0 Å². The van der Waals surface area contributed by atoms with Gasteiger partial charge in [-0.3, -0.25) is 0 Å². The van der Waals surface area contributed by atoms with Crippen LogP contribution in [-0.2, 0) is 0 Å². The van der Waals surface area contributed by atoms with Crippen molar-refractivity contribution in [1.82, 2.24) is 0 Å². The van der Waals surface area contributed by atoms with Crippen molar-refractivity contribution >= 4 is 0 Å². The Morgan fingerprint density at radius 3 is 1.59 bits per heavy atom. The molecule has 0 aliphatic carbocycles. The molecular formula is C9H21NO7. The van der Waals surface area contributed by atoms with Crippen molar-refractivity contribution in [3.8, 4) is 0 Å². The number of aliphatic hydroxyl groups excluding tert-OH is 7. The Hall–Kier alpha value is -0.320. The van der Waals surface area contributed by atoms with Gasteiger partial charge in [-0.25, -0.2) is 0 Å². The van der Waals surface area contributed by atoms with E-state index in [1.54, 1.807) is 0 Å². The van der Waals surface area contributed by atoms with Crippen LogP contribution in [0.5, 0.6) is 0 Å². The molecule has 0 aliphatic heterocycles. The van der Waals surface area contributed by atoms with Crippen LogP contribution < -0.4 is 5.73 Å². The summed E-state index contributed by atoms with van der Waals surface area (Å²) in [5.74, 6) is 0. The Labute approximate surface area is 98.6 Å². The van der Waals surface area contributed by atoms with Crippen LogP contribution in [0.25, 0.3) is 0 Å². The highest BCUT2D eigenvalue weighted by atomic mass is 16.4. The van der Waals surface area contributed by atoms with E-state index in [2.05, 4.69) is 0 Å². The predicted octanol–water partition coefficient (Wildman–Crippen LogP) is -4.51. The summed E-state index contributed by atoms with van der Waals surface area (Å²) < 4.78 is 0. The molecule has 0 rings (SSSR count). The lowest BCUT2D eigenvalue weighted by molar-refractivity contribution is -0.126. The first-order valence-electron chi connectivity index (χ1n) is 5.24. The Kier molecular flexibility index (Phi) is 7.75. The Morgan fingerprint density at radius 1 is 0.706 bits per heavy atom. The van der Waals surface area contributed by atoms with E-state index in [0.717, 1.165) is 0 Å². The molecule has 0 spiro atoms. The van der Waals surface area contributed by atoms with Crippen molar-refractivity contribution in [2.75, 3.05) is 13.2 Å². The molecule has 8 heteroatoms. The van der Waals surface area contributed by atoms with E-state index in [1.165, 1.54) is 0 Å². The van der Waals surface area contributed by atoms with E-state index >= 15 is 0 Å². The molecule has 0 amide bonds. The molecule has 0 saturated heterocycles. The SMILES string of the molecule is NCC(O)C(O)C[C@H](O)[C@@H](O)[C@H](O)[C@H](O)CO. The molecule has 9 N–H and O–H groups in total. The van der Waals surface area contributed by atoms with Gasteiger partial charge in [0, 0.05) is 13.0 Å². The summed E-state index contributed by atoms with van der Waals surface area (Å²) in [6, 6.07) is 0. The second-order valence-electron chi connectivity index (χ2n) is 3.90. The summed E-state index contributed by atoms with van der Waals surface area (Å²) >= 11 is 0. The second kappa shape index (κ2) is 7.90. The molecule has 0 saturated carbocycles. The fourth-order valence-electron chi connectivity index (χ4n) is 1.26. The lowest BCUT2D eigenvalue weighted by atomic mass is 9.97. The number of hydrogen-bond donors (Lipinski definition) is 8. The highest BCUT2D eigenvalue weighted by Crippen LogP contribution is 2.11. The summed E-state index contributed by atoms with van der Waals surface area (Å²) in [5.41, 5.74) is 5.08. The fourth-order valence-corrected chi connectivity index (χ4v) is 1.26. The van der Waals surface area contributed by atoms with Crippen LogP contribution >= 0.6 is 0 Å². The third-order valence-electron chi connectivity index (χ3n) is 2.49. The highest BCUT2D eigenvalue weighted by molar-refractivity contribution is 4.83. The largest absolute Gasteiger partial charge is 0.394 e. The first-order chi connectivity index (χ1) is 7.84. The Morgan fingerprint density at radius 2 is 1.18 bits per heavy atom. The monoisotopic (exact) mass is 255 g/mol. The number of nitrogens with two attached hydrogens (primary N) is 1. The number of rotatable bonds is 8. The van der Waals surface area contributed by atoms with Gasteiger partial charge in [-0.05, 0) is 0 Å². The minimum absolute atomic E-state index is 0.216. The van der Waals surface area contributed by atoms with Gasteiger partial charge >= 0.3 is 0 Å². The Bertz CT molecular complexity index is 206. The Balaban J connectivity index is 4.25. The lowest BCUT2D eigenvalue weighted by Crippen LogP contribution is -2.48. The predicted molar refractivity (Wildman–Crippen MR) is 56.8 cm³/mol. The molecule has 2 unspecified atom stereocenters. The summed E-state index contributed by atoms with van der Waals surface area (Å²) in [7, 11) is 0. The second-order valence-corrected chi connectivity index (χ2v) is 3.90. The maximum Gasteiger partial charge on any atom is 0.110 e. The van der Waals surface area contributed by atoms with Gasteiger partial charge in [-0.15, -0.1) is 0 Å². The van der Waals surface area contributed by atoms with Crippen LogP contribution in [0.4, 0.5) is 0 Å². The topological polar surface area (TPSA) is 168 Å². The van der Waals surface area contributed by atoms with Crippen LogP contribution in [0, 0.1) is 0 Å². The molecule has 8 nitrogen and oxygen atoms in total. The maximum atomic E-state index is 9.43. The van der Waals surface area contributed by atoms with Crippen LogP contribution in [-0.4, -0.2) is 85.5 Å². The van der Waals surface area contributed by atoms with Crippen molar-refractivity contribution in [2.24, 2.45) is 5.73 Å². The molecule has 0 bridgehead atoms. The molecule has 6 atom stereocenters. The minimum Gasteiger partial charge on any atom is -0.394 e. The highest BCUT2D eigenvalue weighted by Gasteiger charge is 2.32. The minimum atomic E-state index is -1.75. The van der Waals surface area contributed by atoms with Gasteiger partial charge in [0.1, 0.15) is 18.3 Å². The third kappa shape index (κ3) is 5.23. The van der Waals surface area contributed by atoms with Crippen LogP contribution in [0.1, 0.15) is 6.42 Å². The van der Waals surface area contributed by atoms with Gasteiger partial charge in [-0.1, -0.05) is 0 Å². The average Bonchev–Trinajstić information content (AvgIpc) is 2.34. The summed E-state index contributed by atoms with van der Waals surface area (Å²) in [5, 5.41) is 64.1. The maximum absolute atomic E-state index is 9.43. The van der Waals surface area contributed by atoms with E-state index in [9.17, 15) is 20.4 Å². The van der Waals surface area contributed by atoms with Gasteiger partial charge < -0.3 is 41.5 Å². The van der Waals surface area contributed by atoms with Gasteiger partial charge in [0.2, 0.25) is 0 Å². The number of aliphatic hydroxyl groups is 7. The van der Waals surface area contributed by atoms with Crippen molar-refractivity contribution in [2.45, 2.75) is 43.0 Å². The fraction of sp³-hybridized carbons (Fsp3) is 1.00. The first kappa shape index (κ1) is 16.7. The summed E-state index contributed by atoms with van der Waals surface area (Å²) in [4.78, 5) is 0. The molecule has 0 aliphatic rings. The van der Waals surface area contributed by atoms with Gasteiger partial charge in [0.25, 0.3) is 0 Å². The standard InChI is InChI=1S/C9H21NO7/c10-2-6(14)4(12)1-5(13)8(16)9(17)7(15)3-11/h4-9,11-17H,1-3,10H2/t4?,5-,6?,7+,8+,9+/m0/s1. The normalized spacial score (nSPS) is 22.6. The quantitative estimate of drug-likeness (QED) is 0.215. The third-order valence-corrected chi connectivity index (χ3v) is 2.49. The van der Waals surface area contributed by atoms with Crippen molar-refractivity contribution in [1.29, 1.82) is 0 Å².